The molecule has 1 aliphatic carbocycles. The molecule has 1 aromatic heterocycles. The molecule has 6 heteroatoms. The van der Waals surface area contributed by atoms with Crippen molar-refractivity contribution < 1.29 is 8.42 Å². The van der Waals surface area contributed by atoms with Gasteiger partial charge in [0, 0.05) is 6.20 Å². The average Bonchev–Trinajstić information content (AvgIpc) is 2.58. The molecule has 4 nitrogen and oxygen atoms in total. The highest BCUT2D eigenvalue weighted by atomic mass is 35.5. The number of sulfonamides is 1. The predicted octanol–water partition coefficient (Wildman–Crippen LogP) is 4.58. The van der Waals surface area contributed by atoms with Crippen LogP contribution in [0.1, 0.15) is 43.6 Å². The van der Waals surface area contributed by atoms with Gasteiger partial charge in [0.2, 0.25) is 0 Å². The van der Waals surface area contributed by atoms with Crippen LogP contribution in [0.25, 0.3) is 0 Å². The Morgan fingerprint density at radius 1 is 1.00 bits per heavy atom. The van der Waals surface area contributed by atoms with Crippen LogP contribution in [0.2, 0.25) is 5.02 Å². The Balaban J connectivity index is 1.75. The molecule has 1 N–H and O–H groups in total. The maximum absolute atomic E-state index is 12.4. The van der Waals surface area contributed by atoms with Crippen LogP contribution in [0, 0.1) is 0 Å². The second-order valence-electron chi connectivity index (χ2n) is 5.87. The van der Waals surface area contributed by atoms with E-state index in [1.54, 1.807) is 18.2 Å². The van der Waals surface area contributed by atoms with E-state index < -0.39 is 10.0 Å². The SMILES string of the molecule is O=S(=O)(Nc1ccc(Cl)cn1)c1ccc(C2CCCCC2)cc1. The zero-order chi connectivity index (χ0) is 16.3. The number of anilines is 1. The normalized spacial score (nSPS) is 16.2. The lowest BCUT2D eigenvalue weighted by atomic mass is 9.84. The molecule has 0 spiro atoms. The minimum absolute atomic E-state index is 0.244. The van der Waals surface area contributed by atoms with Crippen molar-refractivity contribution in [3.63, 3.8) is 0 Å². The molecule has 1 fully saturated rings. The van der Waals surface area contributed by atoms with Gasteiger partial charge in [-0.25, -0.2) is 13.4 Å². The summed E-state index contributed by atoms with van der Waals surface area (Å²) in [4.78, 5) is 4.20. The Morgan fingerprint density at radius 2 is 1.70 bits per heavy atom. The van der Waals surface area contributed by atoms with E-state index in [-0.39, 0.29) is 10.7 Å². The van der Waals surface area contributed by atoms with Gasteiger partial charge in [-0.1, -0.05) is 43.0 Å². The Morgan fingerprint density at radius 3 is 2.30 bits per heavy atom. The molecular formula is C17H19ClN2O2S. The van der Waals surface area contributed by atoms with Crippen molar-refractivity contribution in [3.8, 4) is 0 Å². The van der Waals surface area contributed by atoms with E-state index in [4.69, 9.17) is 11.6 Å². The molecule has 0 atom stereocenters. The average molecular weight is 351 g/mol. The summed E-state index contributed by atoms with van der Waals surface area (Å²) >= 11 is 5.75. The van der Waals surface area contributed by atoms with Crippen LogP contribution in [0.5, 0.6) is 0 Å². The molecule has 0 bridgehead atoms. The summed E-state index contributed by atoms with van der Waals surface area (Å²) < 4.78 is 27.2. The number of nitrogens with one attached hydrogen (secondary N) is 1. The van der Waals surface area contributed by atoms with Crippen molar-refractivity contribution in [1.82, 2.24) is 4.98 Å². The van der Waals surface area contributed by atoms with E-state index >= 15 is 0 Å². The van der Waals surface area contributed by atoms with Crippen molar-refractivity contribution in [2.24, 2.45) is 0 Å². The van der Waals surface area contributed by atoms with Crippen LogP contribution in [0.4, 0.5) is 5.82 Å². The van der Waals surface area contributed by atoms with Gasteiger partial charge in [-0.3, -0.25) is 4.72 Å². The third-order valence-electron chi connectivity index (χ3n) is 4.23. The summed E-state index contributed by atoms with van der Waals surface area (Å²) in [5.41, 5.74) is 1.23. The molecule has 1 aliphatic rings. The lowest BCUT2D eigenvalue weighted by Gasteiger charge is -2.22. The fourth-order valence-corrected chi connectivity index (χ4v) is 4.11. The first-order valence-electron chi connectivity index (χ1n) is 7.79. The highest BCUT2D eigenvalue weighted by Gasteiger charge is 2.18. The number of halogens is 1. The Hall–Kier alpha value is -1.59. The highest BCUT2D eigenvalue weighted by Crippen LogP contribution is 2.33. The van der Waals surface area contributed by atoms with Crippen LogP contribution in [-0.2, 0) is 10.0 Å². The Bertz CT molecular complexity index is 752. The first-order valence-corrected chi connectivity index (χ1v) is 9.65. The Labute approximate surface area is 142 Å². The van der Waals surface area contributed by atoms with E-state index in [9.17, 15) is 8.42 Å². The number of nitrogens with zero attached hydrogens (tertiary/aromatic N) is 1. The maximum Gasteiger partial charge on any atom is 0.263 e. The standard InChI is InChI=1S/C17H19ClN2O2S/c18-15-8-11-17(19-12-15)20-23(21,22)16-9-6-14(7-10-16)13-4-2-1-3-5-13/h6-13H,1-5H2,(H,19,20). The van der Waals surface area contributed by atoms with Crippen molar-refractivity contribution in [2.75, 3.05) is 4.72 Å². The third kappa shape index (κ3) is 4.03. The quantitative estimate of drug-likeness (QED) is 0.877. The van der Waals surface area contributed by atoms with Gasteiger partial charge < -0.3 is 0 Å². The van der Waals surface area contributed by atoms with E-state index in [2.05, 4.69) is 9.71 Å². The molecule has 0 amide bonds. The fraction of sp³-hybridized carbons (Fsp3) is 0.353. The molecule has 3 rings (SSSR count). The number of hydrogen-bond donors (Lipinski definition) is 1. The van der Waals surface area contributed by atoms with E-state index in [1.807, 2.05) is 12.1 Å². The first-order chi connectivity index (χ1) is 11.0. The Kier molecular flexibility index (Phi) is 4.87. The minimum Gasteiger partial charge on any atom is -0.263 e. The number of rotatable bonds is 4. The van der Waals surface area contributed by atoms with Crippen molar-refractivity contribution in [1.29, 1.82) is 0 Å². The smallest absolute Gasteiger partial charge is 0.263 e. The summed E-state index contributed by atoms with van der Waals surface area (Å²) in [6, 6.07) is 10.3. The van der Waals surface area contributed by atoms with Gasteiger partial charge in [-0.15, -0.1) is 0 Å². The highest BCUT2D eigenvalue weighted by molar-refractivity contribution is 7.92. The van der Waals surface area contributed by atoms with Crippen LogP contribution in [-0.4, -0.2) is 13.4 Å². The van der Waals surface area contributed by atoms with Crippen molar-refractivity contribution in [2.45, 2.75) is 42.9 Å². The van der Waals surface area contributed by atoms with Gasteiger partial charge in [0.1, 0.15) is 5.82 Å². The lowest BCUT2D eigenvalue weighted by molar-refractivity contribution is 0.443. The molecule has 0 aliphatic heterocycles. The summed E-state index contributed by atoms with van der Waals surface area (Å²) in [5, 5.41) is 0.463. The van der Waals surface area contributed by atoms with E-state index in [0.29, 0.717) is 10.9 Å². The number of benzene rings is 1. The summed E-state index contributed by atoms with van der Waals surface area (Å²) in [6.07, 6.45) is 7.62. The topological polar surface area (TPSA) is 59.1 Å². The molecule has 1 heterocycles. The summed E-state index contributed by atoms with van der Waals surface area (Å²) in [5.74, 6) is 0.817. The molecular weight excluding hydrogens is 332 g/mol. The van der Waals surface area contributed by atoms with Gasteiger partial charge in [-0.2, -0.15) is 0 Å². The summed E-state index contributed by atoms with van der Waals surface area (Å²) in [6.45, 7) is 0. The molecule has 0 unspecified atom stereocenters. The molecule has 0 radical (unpaired) electrons. The zero-order valence-electron chi connectivity index (χ0n) is 12.7. The van der Waals surface area contributed by atoms with Gasteiger partial charge in [-0.05, 0) is 48.6 Å². The molecule has 23 heavy (non-hydrogen) atoms. The number of hydrogen-bond acceptors (Lipinski definition) is 3. The lowest BCUT2D eigenvalue weighted by Crippen LogP contribution is -2.14. The zero-order valence-corrected chi connectivity index (χ0v) is 14.3. The van der Waals surface area contributed by atoms with E-state index in [0.717, 1.165) is 0 Å². The predicted molar refractivity (Wildman–Crippen MR) is 92.3 cm³/mol. The van der Waals surface area contributed by atoms with Crippen LogP contribution in [0.3, 0.4) is 0 Å². The van der Waals surface area contributed by atoms with Crippen LogP contribution >= 0.6 is 11.6 Å². The molecule has 0 saturated heterocycles. The second-order valence-corrected chi connectivity index (χ2v) is 7.99. The molecule has 2 aromatic rings. The third-order valence-corrected chi connectivity index (χ3v) is 5.83. The molecule has 1 saturated carbocycles. The second kappa shape index (κ2) is 6.89. The van der Waals surface area contributed by atoms with Crippen molar-refractivity contribution in [3.05, 3.63) is 53.2 Å². The molecule has 1 aromatic carbocycles. The van der Waals surface area contributed by atoms with Gasteiger partial charge in [0.25, 0.3) is 10.0 Å². The van der Waals surface area contributed by atoms with Crippen molar-refractivity contribution >= 4 is 27.4 Å². The first kappa shape index (κ1) is 16.3. The van der Waals surface area contributed by atoms with Gasteiger partial charge in [0.05, 0.1) is 9.92 Å². The summed E-state index contributed by atoms with van der Waals surface area (Å²) in [7, 11) is -3.63. The monoisotopic (exact) mass is 350 g/mol. The van der Waals surface area contributed by atoms with Crippen LogP contribution in [0.15, 0.2) is 47.5 Å². The molecule has 122 valence electrons. The van der Waals surface area contributed by atoms with Crippen LogP contribution < -0.4 is 4.72 Å². The largest absolute Gasteiger partial charge is 0.263 e. The minimum atomic E-state index is -3.63. The number of pyridine rings is 1. The fourth-order valence-electron chi connectivity index (χ4n) is 2.99. The maximum atomic E-state index is 12.4. The van der Waals surface area contributed by atoms with Gasteiger partial charge in [0.15, 0.2) is 0 Å². The number of aromatic nitrogens is 1. The van der Waals surface area contributed by atoms with Gasteiger partial charge >= 0.3 is 0 Å². The van der Waals surface area contributed by atoms with E-state index in [1.165, 1.54) is 49.9 Å².